The van der Waals surface area contributed by atoms with Crippen LogP contribution in [0, 0.1) is 5.92 Å². The molecule has 2 heterocycles. The molecule has 1 atom stereocenters. The van der Waals surface area contributed by atoms with Gasteiger partial charge in [0.25, 0.3) is 0 Å². The van der Waals surface area contributed by atoms with Crippen molar-refractivity contribution in [1.82, 2.24) is 15.1 Å². The van der Waals surface area contributed by atoms with Crippen molar-refractivity contribution in [3.8, 4) is 11.4 Å². The van der Waals surface area contributed by atoms with Gasteiger partial charge in [0.15, 0.2) is 0 Å². The summed E-state index contributed by atoms with van der Waals surface area (Å²) < 4.78 is 6.95. The third-order valence-electron chi connectivity index (χ3n) is 5.30. The monoisotopic (exact) mass is 404 g/mol. The van der Waals surface area contributed by atoms with Crippen molar-refractivity contribution in [3.63, 3.8) is 0 Å². The lowest BCUT2D eigenvalue weighted by Crippen LogP contribution is -2.34. The lowest BCUT2D eigenvalue weighted by Gasteiger charge is -2.17. The first-order valence-corrected chi connectivity index (χ1v) is 9.95. The van der Waals surface area contributed by atoms with Gasteiger partial charge in [-0.2, -0.15) is 5.10 Å². The Morgan fingerprint density at radius 3 is 2.53 bits per heavy atom. The Balaban J connectivity index is 1.27. The van der Waals surface area contributed by atoms with Gasteiger partial charge in [-0.25, -0.2) is 4.68 Å². The summed E-state index contributed by atoms with van der Waals surface area (Å²) in [6.07, 6.45) is 4.60. The van der Waals surface area contributed by atoms with Crippen molar-refractivity contribution in [2.45, 2.75) is 12.8 Å². The first kappa shape index (κ1) is 19.7. The van der Waals surface area contributed by atoms with Crippen LogP contribution in [0.5, 0.6) is 5.75 Å². The Kier molecular flexibility index (Phi) is 5.79. The molecule has 30 heavy (non-hydrogen) atoms. The van der Waals surface area contributed by atoms with Crippen LogP contribution < -0.4 is 15.0 Å². The van der Waals surface area contributed by atoms with E-state index in [4.69, 9.17) is 4.74 Å². The molecule has 7 heteroatoms. The summed E-state index contributed by atoms with van der Waals surface area (Å²) >= 11 is 0. The number of methoxy groups -OCH3 is 1. The maximum absolute atomic E-state index is 12.5. The molecule has 1 aliphatic rings. The molecular formula is C23H24N4O3. The van der Waals surface area contributed by atoms with E-state index in [0.29, 0.717) is 13.1 Å². The summed E-state index contributed by atoms with van der Waals surface area (Å²) in [6.45, 7) is 0.933. The van der Waals surface area contributed by atoms with E-state index in [9.17, 15) is 9.59 Å². The fourth-order valence-electron chi connectivity index (χ4n) is 3.61. The molecule has 0 spiro atoms. The predicted octanol–water partition coefficient (Wildman–Crippen LogP) is 2.59. The molecule has 0 bridgehead atoms. The lowest BCUT2D eigenvalue weighted by molar-refractivity contribution is -0.126. The van der Waals surface area contributed by atoms with Gasteiger partial charge in [0.1, 0.15) is 5.75 Å². The number of ether oxygens (including phenoxy) is 1. The fraction of sp³-hybridized carbons (Fsp3) is 0.261. The van der Waals surface area contributed by atoms with Crippen molar-refractivity contribution in [1.29, 1.82) is 0 Å². The Morgan fingerprint density at radius 2 is 1.87 bits per heavy atom. The number of hydrogen-bond donors (Lipinski definition) is 1. The first-order valence-electron chi connectivity index (χ1n) is 9.95. The normalized spacial score (nSPS) is 16.0. The molecule has 2 amide bonds. The van der Waals surface area contributed by atoms with Crippen molar-refractivity contribution < 1.29 is 14.3 Å². The van der Waals surface area contributed by atoms with Gasteiger partial charge >= 0.3 is 0 Å². The third kappa shape index (κ3) is 4.35. The average molecular weight is 404 g/mol. The molecule has 1 unspecified atom stereocenters. The summed E-state index contributed by atoms with van der Waals surface area (Å²) in [4.78, 5) is 26.6. The molecule has 154 valence electrons. The van der Waals surface area contributed by atoms with Crippen LogP contribution >= 0.6 is 0 Å². The van der Waals surface area contributed by atoms with Gasteiger partial charge in [-0.05, 0) is 54.4 Å². The van der Waals surface area contributed by atoms with Crippen molar-refractivity contribution in [2.75, 3.05) is 25.1 Å². The third-order valence-corrected chi connectivity index (χ3v) is 5.30. The summed E-state index contributed by atoms with van der Waals surface area (Å²) in [5.74, 6) is 0.293. The number of anilines is 1. The van der Waals surface area contributed by atoms with Crippen LogP contribution in [0.25, 0.3) is 5.69 Å². The van der Waals surface area contributed by atoms with Crippen LogP contribution in [0.1, 0.15) is 12.0 Å². The molecule has 7 nitrogen and oxygen atoms in total. The predicted molar refractivity (Wildman–Crippen MR) is 114 cm³/mol. The number of carbonyl (C=O) groups is 2. The molecule has 4 rings (SSSR count). The number of amides is 2. The highest BCUT2D eigenvalue weighted by Crippen LogP contribution is 2.26. The summed E-state index contributed by atoms with van der Waals surface area (Å²) in [7, 11) is 1.60. The summed E-state index contributed by atoms with van der Waals surface area (Å²) in [5, 5.41) is 7.18. The van der Waals surface area contributed by atoms with Gasteiger partial charge in [-0.15, -0.1) is 0 Å². The number of rotatable bonds is 7. The first-order chi connectivity index (χ1) is 14.6. The van der Waals surface area contributed by atoms with Gasteiger partial charge < -0.3 is 15.0 Å². The van der Waals surface area contributed by atoms with Gasteiger partial charge in [-0.1, -0.05) is 12.1 Å². The van der Waals surface area contributed by atoms with Crippen LogP contribution in [0.15, 0.2) is 67.0 Å². The zero-order valence-corrected chi connectivity index (χ0v) is 16.8. The second-order valence-corrected chi connectivity index (χ2v) is 7.26. The molecule has 1 aromatic heterocycles. The molecule has 1 fully saturated rings. The van der Waals surface area contributed by atoms with Crippen LogP contribution in [0.4, 0.5) is 5.69 Å². The van der Waals surface area contributed by atoms with E-state index < -0.39 is 0 Å². The van der Waals surface area contributed by atoms with Crippen molar-refractivity contribution in [2.24, 2.45) is 5.92 Å². The number of aromatic nitrogens is 2. The van der Waals surface area contributed by atoms with E-state index in [0.717, 1.165) is 29.1 Å². The number of nitrogens with one attached hydrogen (secondary N) is 1. The molecule has 0 aliphatic carbocycles. The minimum Gasteiger partial charge on any atom is -0.497 e. The summed E-state index contributed by atoms with van der Waals surface area (Å²) in [6, 6.07) is 17.3. The number of nitrogens with zero attached hydrogens (tertiary/aromatic N) is 3. The van der Waals surface area contributed by atoms with Crippen molar-refractivity contribution >= 4 is 17.5 Å². The number of carbonyl (C=O) groups excluding carboxylic acids is 2. The Bertz CT molecular complexity index is 998. The topological polar surface area (TPSA) is 76.5 Å². The Hall–Kier alpha value is -3.61. The highest BCUT2D eigenvalue weighted by molar-refractivity contribution is 6.00. The fourth-order valence-corrected chi connectivity index (χ4v) is 3.61. The minimum atomic E-state index is -0.332. The van der Waals surface area contributed by atoms with Gasteiger partial charge in [0, 0.05) is 37.6 Å². The van der Waals surface area contributed by atoms with Crippen LogP contribution in [0.2, 0.25) is 0 Å². The lowest BCUT2D eigenvalue weighted by atomic mass is 10.1. The molecule has 3 aromatic rings. The SMILES string of the molecule is COc1ccc(N2CC(C(=O)NCCc3ccc(-n4cccn4)cc3)CC2=O)cc1. The highest BCUT2D eigenvalue weighted by atomic mass is 16.5. The highest BCUT2D eigenvalue weighted by Gasteiger charge is 2.34. The largest absolute Gasteiger partial charge is 0.497 e. The van der Waals surface area contributed by atoms with Crippen LogP contribution in [-0.4, -0.2) is 41.8 Å². The van der Waals surface area contributed by atoms with E-state index >= 15 is 0 Å². The smallest absolute Gasteiger partial charge is 0.227 e. The van der Waals surface area contributed by atoms with E-state index in [-0.39, 0.29) is 24.2 Å². The van der Waals surface area contributed by atoms with E-state index in [1.165, 1.54) is 0 Å². The molecular weight excluding hydrogens is 380 g/mol. The maximum Gasteiger partial charge on any atom is 0.227 e. The van der Waals surface area contributed by atoms with E-state index in [1.807, 2.05) is 60.8 Å². The van der Waals surface area contributed by atoms with Crippen LogP contribution in [-0.2, 0) is 16.0 Å². The summed E-state index contributed by atoms with van der Waals surface area (Å²) in [5.41, 5.74) is 2.91. The zero-order chi connectivity index (χ0) is 20.9. The second-order valence-electron chi connectivity index (χ2n) is 7.26. The molecule has 1 aliphatic heterocycles. The van der Waals surface area contributed by atoms with Gasteiger partial charge in [-0.3, -0.25) is 9.59 Å². The van der Waals surface area contributed by atoms with E-state index in [2.05, 4.69) is 10.4 Å². The van der Waals surface area contributed by atoms with Gasteiger partial charge in [0.2, 0.25) is 11.8 Å². The number of benzene rings is 2. The maximum atomic E-state index is 12.5. The molecule has 1 N–H and O–H groups in total. The average Bonchev–Trinajstić information content (AvgIpc) is 3.44. The van der Waals surface area contributed by atoms with Gasteiger partial charge in [0.05, 0.1) is 18.7 Å². The zero-order valence-electron chi connectivity index (χ0n) is 16.8. The van der Waals surface area contributed by atoms with Crippen LogP contribution in [0.3, 0.4) is 0 Å². The molecule has 1 saturated heterocycles. The number of hydrogen-bond acceptors (Lipinski definition) is 4. The second kappa shape index (κ2) is 8.82. The molecule has 0 radical (unpaired) electrons. The minimum absolute atomic E-state index is 0.0328. The standard InChI is InChI=1S/C23H24N4O3/c1-30-21-9-7-19(8-10-21)26-16-18(15-22(26)28)23(29)24-13-11-17-3-5-20(6-4-17)27-14-2-12-25-27/h2-10,12,14,18H,11,13,15-16H2,1H3,(H,24,29). The Morgan fingerprint density at radius 1 is 1.13 bits per heavy atom. The Labute approximate surface area is 175 Å². The molecule has 2 aromatic carbocycles. The quantitative estimate of drug-likeness (QED) is 0.657. The molecule has 0 saturated carbocycles. The van der Waals surface area contributed by atoms with Crippen molar-refractivity contribution in [3.05, 3.63) is 72.6 Å². The van der Waals surface area contributed by atoms with E-state index in [1.54, 1.807) is 22.9 Å².